The Balaban J connectivity index is 1.88. The average molecular weight is 407 g/mol. The van der Waals surface area contributed by atoms with Crippen molar-refractivity contribution < 1.29 is 13.2 Å². The third-order valence-corrected chi connectivity index (χ3v) is 6.25. The maximum absolute atomic E-state index is 12.6. The second-order valence-corrected chi connectivity index (χ2v) is 8.50. The number of aryl methyl sites for hydroxylation is 1. The van der Waals surface area contributed by atoms with Crippen LogP contribution in [-0.4, -0.2) is 14.3 Å². The number of halogens is 1. The molecule has 134 valence electrons. The SMILES string of the molecule is Cc1csc(C(=O)Nc2cccc(Cl)c2)c1NS(=O)(=O)c1ccccc1. The van der Waals surface area contributed by atoms with Crippen LogP contribution in [-0.2, 0) is 10.0 Å². The molecule has 2 aromatic carbocycles. The molecule has 2 N–H and O–H groups in total. The van der Waals surface area contributed by atoms with Gasteiger partial charge in [-0.25, -0.2) is 8.42 Å². The third kappa shape index (κ3) is 4.07. The lowest BCUT2D eigenvalue weighted by atomic mass is 10.2. The van der Waals surface area contributed by atoms with Gasteiger partial charge in [0, 0.05) is 10.7 Å². The van der Waals surface area contributed by atoms with Crippen LogP contribution in [0.15, 0.2) is 64.9 Å². The van der Waals surface area contributed by atoms with Crippen LogP contribution in [0.25, 0.3) is 0 Å². The van der Waals surface area contributed by atoms with E-state index in [1.54, 1.807) is 54.8 Å². The summed E-state index contributed by atoms with van der Waals surface area (Å²) in [6, 6.07) is 14.8. The van der Waals surface area contributed by atoms with Crippen molar-refractivity contribution in [2.45, 2.75) is 11.8 Å². The Hall–Kier alpha value is -2.35. The van der Waals surface area contributed by atoms with Gasteiger partial charge in [-0.15, -0.1) is 11.3 Å². The van der Waals surface area contributed by atoms with Crippen molar-refractivity contribution in [1.29, 1.82) is 0 Å². The van der Waals surface area contributed by atoms with Crippen molar-refractivity contribution in [2.24, 2.45) is 0 Å². The molecule has 0 unspecified atom stereocenters. The van der Waals surface area contributed by atoms with Crippen molar-refractivity contribution >= 4 is 50.2 Å². The van der Waals surface area contributed by atoms with E-state index in [1.165, 1.54) is 23.5 Å². The fourth-order valence-corrected chi connectivity index (χ4v) is 4.61. The molecule has 26 heavy (non-hydrogen) atoms. The Labute approximate surface area is 160 Å². The number of carbonyl (C=O) groups excluding carboxylic acids is 1. The second-order valence-electron chi connectivity index (χ2n) is 5.51. The number of thiophene rings is 1. The lowest BCUT2D eigenvalue weighted by molar-refractivity contribution is 0.103. The Morgan fingerprint density at radius 2 is 1.81 bits per heavy atom. The van der Waals surface area contributed by atoms with Gasteiger partial charge in [-0.2, -0.15) is 0 Å². The van der Waals surface area contributed by atoms with Crippen molar-refractivity contribution in [3.05, 3.63) is 75.4 Å². The average Bonchev–Trinajstić information content (AvgIpc) is 2.96. The summed E-state index contributed by atoms with van der Waals surface area (Å²) in [7, 11) is -3.79. The molecule has 0 aliphatic heterocycles. The van der Waals surface area contributed by atoms with Gasteiger partial charge in [0.2, 0.25) is 0 Å². The van der Waals surface area contributed by atoms with Crippen LogP contribution in [0.4, 0.5) is 11.4 Å². The van der Waals surface area contributed by atoms with Gasteiger partial charge in [-0.3, -0.25) is 9.52 Å². The summed E-state index contributed by atoms with van der Waals surface area (Å²) >= 11 is 7.10. The minimum absolute atomic E-state index is 0.131. The van der Waals surface area contributed by atoms with E-state index >= 15 is 0 Å². The fourth-order valence-electron chi connectivity index (χ4n) is 2.29. The molecule has 3 rings (SSSR count). The Morgan fingerprint density at radius 1 is 1.08 bits per heavy atom. The molecule has 0 spiro atoms. The monoisotopic (exact) mass is 406 g/mol. The molecular formula is C18H15ClN2O3S2. The number of carbonyl (C=O) groups is 1. The smallest absolute Gasteiger partial charge is 0.267 e. The quantitative estimate of drug-likeness (QED) is 0.641. The number of hydrogen-bond acceptors (Lipinski definition) is 4. The molecule has 1 heterocycles. The van der Waals surface area contributed by atoms with Gasteiger partial charge < -0.3 is 5.32 Å². The van der Waals surface area contributed by atoms with Crippen LogP contribution in [0, 0.1) is 6.92 Å². The van der Waals surface area contributed by atoms with Crippen LogP contribution in [0.1, 0.15) is 15.2 Å². The summed E-state index contributed by atoms with van der Waals surface area (Å²) in [5.74, 6) is -0.406. The van der Waals surface area contributed by atoms with Gasteiger partial charge in [0.1, 0.15) is 4.88 Å². The summed E-state index contributed by atoms with van der Waals surface area (Å²) in [5.41, 5.74) is 1.48. The number of nitrogens with one attached hydrogen (secondary N) is 2. The van der Waals surface area contributed by atoms with E-state index in [1.807, 2.05) is 0 Å². The standard InChI is InChI=1S/C18H15ClN2O3S2/c1-12-11-25-17(18(22)20-14-7-5-6-13(19)10-14)16(12)21-26(23,24)15-8-3-2-4-9-15/h2-11,21H,1H3,(H,20,22). The third-order valence-electron chi connectivity index (χ3n) is 3.55. The highest BCUT2D eigenvalue weighted by Gasteiger charge is 2.22. The number of amides is 1. The topological polar surface area (TPSA) is 75.3 Å². The normalized spacial score (nSPS) is 11.2. The maximum Gasteiger partial charge on any atom is 0.267 e. The molecule has 0 aliphatic carbocycles. The highest BCUT2D eigenvalue weighted by molar-refractivity contribution is 7.92. The first-order chi connectivity index (χ1) is 12.4. The van der Waals surface area contributed by atoms with E-state index < -0.39 is 15.9 Å². The number of benzene rings is 2. The van der Waals surface area contributed by atoms with E-state index in [0.29, 0.717) is 16.3 Å². The molecule has 0 aliphatic rings. The molecule has 3 aromatic rings. The molecule has 1 aromatic heterocycles. The molecule has 1 amide bonds. The van der Waals surface area contributed by atoms with Gasteiger partial charge in [-0.05, 0) is 48.2 Å². The predicted octanol–water partition coefficient (Wildman–Crippen LogP) is 4.76. The Bertz CT molecular complexity index is 1050. The number of sulfonamides is 1. The zero-order valence-corrected chi connectivity index (χ0v) is 16.1. The summed E-state index contributed by atoms with van der Waals surface area (Å²) in [6.45, 7) is 1.75. The van der Waals surface area contributed by atoms with Crippen LogP contribution >= 0.6 is 22.9 Å². The molecule has 8 heteroatoms. The van der Waals surface area contributed by atoms with Crippen LogP contribution in [0.5, 0.6) is 0 Å². The largest absolute Gasteiger partial charge is 0.321 e. The van der Waals surface area contributed by atoms with E-state index in [2.05, 4.69) is 10.0 Å². The molecule has 0 saturated heterocycles. The number of hydrogen-bond donors (Lipinski definition) is 2. The predicted molar refractivity (Wildman–Crippen MR) is 106 cm³/mol. The number of anilines is 2. The van der Waals surface area contributed by atoms with Crippen molar-refractivity contribution in [3.63, 3.8) is 0 Å². The highest BCUT2D eigenvalue weighted by atomic mass is 35.5. The van der Waals surface area contributed by atoms with Crippen molar-refractivity contribution in [2.75, 3.05) is 10.0 Å². The zero-order chi connectivity index (χ0) is 18.7. The lowest BCUT2D eigenvalue weighted by Gasteiger charge is -2.11. The minimum atomic E-state index is -3.79. The molecule has 0 saturated carbocycles. The highest BCUT2D eigenvalue weighted by Crippen LogP contribution is 2.30. The molecular weight excluding hydrogens is 392 g/mol. The van der Waals surface area contributed by atoms with Gasteiger partial charge in [0.15, 0.2) is 0 Å². The Kier molecular flexibility index (Phi) is 5.31. The van der Waals surface area contributed by atoms with Crippen LogP contribution in [0.2, 0.25) is 5.02 Å². The van der Waals surface area contributed by atoms with Crippen molar-refractivity contribution in [1.82, 2.24) is 0 Å². The summed E-state index contributed by atoms with van der Waals surface area (Å²) < 4.78 is 27.7. The van der Waals surface area contributed by atoms with E-state index in [9.17, 15) is 13.2 Å². The second kappa shape index (κ2) is 7.49. The molecule has 0 bridgehead atoms. The minimum Gasteiger partial charge on any atom is -0.321 e. The van der Waals surface area contributed by atoms with Crippen molar-refractivity contribution in [3.8, 4) is 0 Å². The van der Waals surface area contributed by atoms with Gasteiger partial charge in [-0.1, -0.05) is 35.9 Å². The summed E-state index contributed by atoms with van der Waals surface area (Å²) in [6.07, 6.45) is 0. The van der Waals surface area contributed by atoms with Gasteiger partial charge in [0.25, 0.3) is 15.9 Å². The molecule has 0 fully saturated rings. The lowest BCUT2D eigenvalue weighted by Crippen LogP contribution is -2.17. The van der Waals surface area contributed by atoms with Crippen LogP contribution in [0.3, 0.4) is 0 Å². The number of rotatable bonds is 5. The fraction of sp³-hybridized carbons (Fsp3) is 0.0556. The Morgan fingerprint density at radius 3 is 2.50 bits per heavy atom. The van der Waals surface area contributed by atoms with E-state index in [0.717, 1.165) is 0 Å². The maximum atomic E-state index is 12.6. The molecule has 0 radical (unpaired) electrons. The zero-order valence-electron chi connectivity index (χ0n) is 13.7. The summed E-state index contributed by atoms with van der Waals surface area (Å²) in [5, 5.41) is 4.96. The van der Waals surface area contributed by atoms with E-state index in [-0.39, 0.29) is 15.5 Å². The van der Waals surface area contributed by atoms with Crippen LogP contribution < -0.4 is 10.0 Å². The summed E-state index contributed by atoms with van der Waals surface area (Å²) in [4.78, 5) is 13.0. The first kappa shape index (κ1) is 18.4. The van der Waals surface area contributed by atoms with Gasteiger partial charge in [0.05, 0.1) is 10.6 Å². The molecule has 0 atom stereocenters. The first-order valence-electron chi connectivity index (χ1n) is 7.60. The van der Waals surface area contributed by atoms with Gasteiger partial charge >= 0.3 is 0 Å². The first-order valence-corrected chi connectivity index (χ1v) is 10.3. The molecule has 5 nitrogen and oxygen atoms in total. The van der Waals surface area contributed by atoms with E-state index in [4.69, 9.17) is 11.6 Å².